The van der Waals surface area contributed by atoms with Gasteiger partial charge >= 0.3 is 0 Å². The maximum absolute atomic E-state index is 12.8. The summed E-state index contributed by atoms with van der Waals surface area (Å²) in [6, 6.07) is 12.9. The zero-order chi connectivity index (χ0) is 24.8. The zero-order valence-electron chi connectivity index (χ0n) is 20.1. The molecule has 0 fully saturated rings. The van der Waals surface area contributed by atoms with Gasteiger partial charge in [0, 0.05) is 21.4 Å². The number of carbonyl (C=O) groups is 2. The predicted molar refractivity (Wildman–Crippen MR) is 145 cm³/mol. The highest BCUT2D eigenvalue weighted by atomic mass is 127. The normalized spacial score (nSPS) is 12.0. The fraction of sp³-hybridized carbons (Fsp3) is 0.360. The minimum absolute atomic E-state index is 0.0950. The van der Waals surface area contributed by atoms with Gasteiger partial charge in [-0.3, -0.25) is 9.59 Å². The van der Waals surface area contributed by atoms with Crippen LogP contribution < -0.4 is 10.6 Å². The van der Waals surface area contributed by atoms with Crippen LogP contribution in [0.2, 0.25) is 0 Å². The Morgan fingerprint density at radius 2 is 1.74 bits per heavy atom. The predicted octanol–water partition coefficient (Wildman–Crippen LogP) is 5.38. The third-order valence-electron chi connectivity index (χ3n) is 5.42. The molecule has 3 aromatic rings. The van der Waals surface area contributed by atoms with Crippen molar-refractivity contribution in [3.8, 4) is 0 Å². The van der Waals surface area contributed by atoms with Crippen LogP contribution in [0.25, 0.3) is 0 Å². The standard InChI is InChI=1S/C25H30IN5O2S/c1-6-31-23(21(15(2)3)28-24(33)18-10-8-7-9-11-18)29-30-25(31)34-14-20(32)27-22-16(4)12-19(26)13-17(22)5/h7-13,15,21H,6,14H2,1-5H3,(H,27,32)(H,28,33)/t21-/m1/s1. The molecule has 0 unspecified atom stereocenters. The Hall–Kier alpha value is -2.40. The van der Waals surface area contributed by atoms with E-state index in [9.17, 15) is 9.59 Å². The van der Waals surface area contributed by atoms with Crippen LogP contribution >= 0.6 is 34.4 Å². The van der Waals surface area contributed by atoms with E-state index in [2.05, 4.69) is 43.4 Å². The van der Waals surface area contributed by atoms with Gasteiger partial charge in [-0.05, 0) is 84.7 Å². The van der Waals surface area contributed by atoms with Crippen molar-refractivity contribution in [2.45, 2.75) is 52.4 Å². The van der Waals surface area contributed by atoms with Crippen LogP contribution in [0.3, 0.4) is 0 Å². The number of aryl methyl sites for hydroxylation is 2. The zero-order valence-corrected chi connectivity index (χ0v) is 23.0. The lowest BCUT2D eigenvalue weighted by Crippen LogP contribution is -2.33. The number of benzene rings is 2. The van der Waals surface area contributed by atoms with Gasteiger partial charge in [-0.15, -0.1) is 10.2 Å². The monoisotopic (exact) mass is 591 g/mol. The topological polar surface area (TPSA) is 88.9 Å². The van der Waals surface area contributed by atoms with Crippen LogP contribution in [0.1, 0.15) is 54.1 Å². The van der Waals surface area contributed by atoms with Gasteiger partial charge in [0.1, 0.15) is 0 Å². The molecule has 1 aromatic heterocycles. The Kier molecular flexibility index (Phi) is 9.12. The second-order valence-corrected chi connectivity index (χ2v) is 10.6. The molecule has 0 saturated carbocycles. The summed E-state index contributed by atoms with van der Waals surface area (Å²) >= 11 is 3.62. The van der Waals surface area contributed by atoms with Crippen molar-refractivity contribution in [1.82, 2.24) is 20.1 Å². The number of rotatable bonds is 9. The molecule has 0 spiro atoms. The van der Waals surface area contributed by atoms with Crippen LogP contribution in [-0.4, -0.2) is 32.3 Å². The Morgan fingerprint density at radius 1 is 1.09 bits per heavy atom. The number of aromatic nitrogens is 3. The van der Waals surface area contributed by atoms with E-state index >= 15 is 0 Å². The molecule has 0 saturated heterocycles. The summed E-state index contributed by atoms with van der Waals surface area (Å²) in [6.07, 6.45) is 0. The van der Waals surface area contributed by atoms with E-state index < -0.39 is 0 Å². The number of hydrogen-bond donors (Lipinski definition) is 2. The minimum atomic E-state index is -0.305. The lowest BCUT2D eigenvalue weighted by molar-refractivity contribution is -0.113. The van der Waals surface area contributed by atoms with Crippen molar-refractivity contribution < 1.29 is 9.59 Å². The van der Waals surface area contributed by atoms with Crippen molar-refractivity contribution in [2.75, 3.05) is 11.1 Å². The Labute approximate surface area is 218 Å². The molecule has 3 rings (SSSR count). The highest BCUT2D eigenvalue weighted by Gasteiger charge is 2.26. The molecule has 9 heteroatoms. The summed E-state index contributed by atoms with van der Waals surface area (Å²) in [4.78, 5) is 25.5. The maximum atomic E-state index is 12.8. The van der Waals surface area contributed by atoms with Gasteiger partial charge in [-0.1, -0.05) is 43.8 Å². The second-order valence-electron chi connectivity index (χ2n) is 8.40. The fourth-order valence-corrected chi connectivity index (χ4v) is 5.43. The SMILES string of the molecule is CCn1c(SCC(=O)Nc2c(C)cc(I)cc2C)nnc1[C@H](NC(=O)c1ccccc1)C(C)C. The summed E-state index contributed by atoms with van der Waals surface area (Å²) in [5.74, 6) is 0.763. The number of hydrogen-bond acceptors (Lipinski definition) is 5. The van der Waals surface area contributed by atoms with E-state index in [1.807, 2.05) is 69.5 Å². The summed E-state index contributed by atoms with van der Waals surface area (Å²) in [7, 11) is 0. The average Bonchev–Trinajstić information content (AvgIpc) is 3.21. The Bertz CT molecular complexity index is 1140. The summed E-state index contributed by atoms with van der Waals surface area (Å²) < 4.78 is 3.11. The molecule has 34 heavy (non-hydrogen) atoms. The number of anilines is 1. The fourth-order valence-electron chi connectivity index (χ4n) is 3.69. The lowest BCUT2D eigenvalue weighted by atomic mass is 10.0. The highest BCUT2D eigenvalue weighted by Crippen LogP contribution is 2.27. The smallest absolute Gasteiger partial charge is 0.251 e. The molecule has 0 bridgehead atoms. The van der Waals surface area contributed by atoms with Gasteiger partial charge < -0.3 is 15.2 Å². The van der Waals surface area contributed by atoms with Crippen LogP contribution in [-0.2, 0) is 11.3 Å². The number of thioether (sulfide) groups is 1. The van der Waals surface area contributed by atoms with Gasteiger partial charge in [-0.25, -0.2) is 0 Å². The summed E-state index contributed by atoms with van der Waals surface area (Å²) in [5, 5.41) is 15.5. The third kappa shape index (κ3) is 6.38. The molecular weight excluding hydrogens is 561 g/mol. The van der Waals surface area contributed by atoms with Crippen molar-refractivity contribution in [2.24, 2.45) is 5.92 Å². The molecule has 0 radical (unpaired) electrons. The first-order valence-corrected chi connectivity index (χ1v) is 13.3. The van der Waals surface area contributed by atoms with E-state index in [1.54, 1.807) is 12.1 Å². The molecule has 0 aliphatic carbocycles. The Morgan fingerprint density at radius 3 is 2.32 bits per heavy atom. The minimum Gasteiger partial charge on any atom is -0.342 e. The van der Waals surface area contributed by atoms with Gasteiger partial charge in [0.2, 0.25) is 5.91 Å². The molecule has 0 aliphatic rings. The van der Waals surface area contributed by atoms with E-state index in [0.717, 1.165) is 20.4 Å². The highest BCUT2D eigenvalue weighted by molar-refractivity contribution is 14.1. The van der Waals surface area contributed by atoms with E-state index in [4.69, 9.17) is 0 Å². The molecule has 2 aromatic carbocycles. The first kappa shape index (κ1) is 26.2. The number of carbonyl (C=O) groups excluding carboxylic acids is 2. The van der Waals surface area contributed by atoms with Gasteiger partial charge in [-0.2, -0.15) is 0 Å². The summed E-state index contributed by atoms with van der Waals surface area (Å²) in [6.45, 7) is 10.7. The van der Waals surface area contributed by atoms with E-state index in [-0.39, 0.29) is 29.5 Å². The molecule has 180 valence electrons. The number of nitrogens with one attached hydrogen (secondary N) is 2. The molecular formula is C25H30IN5O2S. The van der Waals surface area contributed by atoms with E-state index in [1.165, 1.54) is 11.8 Å². The summed E-state index contributed by atoms with van der Waals surface area (Å²) in [5.41, 5.74) is 3.53. The molecule has 1 heterocycles. The lowest BCUT2D eigenvalue weighted by Gasteiger charge is -2.22. The maximum Gasteiger partial charge on any atom is 0.251 e. The van der Waals surface area contributed by atoms with Crippen LogP contribution in [0.5, 0.6) is 0 Å². The van der Waals surface area contributed by atoms with E-state index in [0.29, 0.717) is 23.1 Å². The van der Waals surface area contributed by atoms with Crippen LogP contribution in [0, 0.1) is 23.3 Å². The van der Waals surface area contributed by atoms with Crippen molar-refractivity contribution >= 4 is 51.9 Å². The van der Waals surface area contributed by atoms with Crippen molar-refractivity contribution in [3.63, 3.8) is 0 Å². The molecule has 1 atom stereocenters. The number of amides is 2. The third-order valence-corrected chi connectivity index (χ3v) is 7.01. The Balaban J connectivity index is 1.72. The first-order chi connectivity index (χ1) is 16.2. The van der Waals surface area contributed by atoms with Gasteiger partial charge in [0.25, 0.3) is 5.91 Å². The quantitative estimate of drug-likeness (QED) is 0.258. The van der Waals surface area contributed by atoms with Crippen LogP contribution in [0.15, 0.2) is 47.6 Å². The molecule has 0 aliphatic heterocycles. The van der Waals surface area contributed by atoms with Crippen molar-refractivity contribution in [3.05, 3.63) is 68.5 Å². The largest absolute Gasteiger partial charge is 0.342 e. The molecule has 2 N–H and O–H groups in total. The second kappa shape index (κ2) is 11.8. The first-order valence-electron chi connectivity index (χ1n) is 11.2. The van der Waals surface area contributed by atoms with Gasteiger partial charge in [0.15, 0.2) is 11.0 Å². The van der Waals surface area contributed by atoms with Crippen LogP contribution in [0.4, 0.5) is 5.69 Å². The van der Waals surface area contributed by atoms with Gasteiger partial charge in [0.05, 0.1) is 11.8 Å². The van der Waals surface area contributed by atoms with Crippen molar-refractivity contribution in [1.29, 1.82) is 0 Å². The molecule has 7 nitrogen and oxygen atoms in total. The molecule has 2 amide bonds. The number of nitrogens with zero attached hydrogens (tertiary/aromatic N) is 3. The number of halogens is 1. The average molecular weight is 592 g/mol.